The molecule has 10 nitrogen and oxygen atoms in total. The van der Waals surface area contributed by atoms with Gasteiger partial charge in [0.2, 0.25) is 0 Å². The number of ether oxygens (including phenoxy) is 1. The minimum Gasteiger partial charge on any atom is -0.492 e. The molecular weight excluding hydrogens is 458 g/mol. The molecule has 0 unspecified atom stereocenters. The molecule has 2 aliphatic rings. The summed E-state index contributed by atoms with van der Waals surface area (Å²) in [6, 6.07) is 8.13. The maximum Gasteiger partial charge on any atom is 0.405 e. The van der Waals surface area contributed by atoms with Crippen LogP contribution < -0.4 is 15.0 Å². The van der Waals surface area contributed by atoms with E-state index in [-0.39, 0.29) is 0 Å². The van der Waals surface area contributed by atoms with Gasteiger partial charge in [-0.05, 0) is 63.9 Å². The van der Waals surface area contributed by atoms with Crippen LogP contribution in [-0.2, 0) is 0 Å². The van der Waals surface area contributed by atoms with E-state index in [0.717, 1.165) is 68.0 Å². The SMILES string of the molecule is CCOc1cc(-c2ccc(N3CCC(CN4CCCC4)(NC(=O)O)CC3)nc2)c2c(C#N)cnn2c1. The van der Waals surface area contributed by atoms with Crippen molar-refractivity contribution >= 4 is 17.4 Å². The number of hydrogen-bond donors (Lipinski definition) is 2. The van der Waals surface area contributed by atoms with Gasteiger partial charge in [-0.25, -0.2) is 14.3 Å². The first-order valence-corrected chi connectivity index (χ1v) is 12.5. The highest BCUT2D eigenvalue weighted by Crippen LogP contribution is 2.32. The smallest absolute Gasteiger partial charge is 0.405 e. The van der Waals surface area contributed by atoms with Gasteiger partial charge in [-0.3, -0.25) is 0 Å². The number of fused-ring (bicyclic) bond motifs is 1. The Kier molecular flexibility index (Phi) is 6.65. The van der Waals surface area contributed by atoms with Gasteiger partial charge in [0, 0.05) is 37.0 Å². The lowest BCUT2D eigenvalue weighted by Crippen LogP contribution is -2.60. The van der Waals surface area contributed by atoms with E-state index in [4.69, 9.17) is 9.72 Å². The third-order valence-electron chi connectivity index (χ3n) is 7.22. The van der Waals surface area contributed by atoms with Crippen LogP contribution in [0, 0.1) is 11.3 Å². The van der Waals surface area contributed by atoms with Crippen LogP contribution in [0.2, 0.25) is 0 Å². The first kappa shape index (κ1) is 23.9. The molecule has 2 N–H and O–H groups in total. The van der Waals surface area contributed by atoms with Crippen molar-refractivity contribution in [2.24, 2.45) is 0 Å². The quantitative estimate of drug-likeness (QED) is 0.519. The number of carboxylic acid groups (broad SMARTS) is 1. The number of pyridine rings is 2. The standard InChI is InChI=1S/C26H31N7O3/c1-2-36-21-13-22(24-20(14-27)16-29-33(24)17-21)19-5-6-23(28-15-19)32-11-7-26(8-12-32,30-25(34)35)18-31-9-3-4-10-31/h5-6,13,15-17,30H,2-4,7-12,18H2,1H3,(H,34,35). The van der Waals surface area contributed by atoms with E-state index in [9.17, 15) is 15.2 Å². The highest BCUT2D eigenvalue weighted by atomic mass is 16.5. The summed E-state index contributed by atoms with van der Waals surface area (Å²) in [4.78, 5) is 20.9. The molecular formula is C26H31N7O3. The van der Waals surface area contributed by atoms with Crippen molar-refractivity contribution in [3.8, 4) is 22.9 Å². The number of nitriles is 1. The average molecular weight is 490 g/mol. The Balaban J connectivity index is 1.35. The molecule has 3 aromatic rings. The highest BCUT2D eigenvalue weighted by molar-refractivity contribution is 5.85. The van der Waals surface area contributed by atoms with E-state index in [1.807, 2.05) is 31.3 Å². The topological polar surface area (TPSA) is 119 Å². The second-order valence-electron chi connectivity index (χ2n) is 9.57. The molecule has 1 amide bonds. The van der Waals surface area contributed by atoms with E-state index < -0.39 is 11.6 Å². The molecule has 0 spiro atoms. The minimum absolute atomic E-state index is 0.423. The van der Waals surface area contributed by atoms with Gasteiger partial charge < -0.3 is 25.0 Å². The molecule has 0 bridgehead atoms. The molecule has 36 heavy (non-hydrogen) atoms. The lowest BCUT2D eigenvalue weighted by Gasteiger charge is -2.44. The van der Waals surface area contributed by atoms with E-state index in [2.05, 4.69) is 26.3 Å². The maximum atomic E-state index is 11.6. The van der Waals surface area contributed by atoms with Crippen molar-refractivity contribution in [2.75, 3.05) is 44.2 Å². The zero-order valence-corrected chi connectivity index (χ0v) is 20.5. The summed E-state index contributed by atoms with van der Waals surface area (Å²) in [6.45, 7) is 6.75. The number of anilines is 1. The predicted molar refractivity (Wildman–Crippen MR) is 135 cm³/mol. The minimum atomic E-state index is -0.956. The fourth-order valence-electron chi connectivity index (χ4n) is 5.46. The summed E-state index contributed by atoms with van der Waals surface area (Å²) < 4.78 is 7.38. The molecule has 5 heterocycles. The number of piperidine rings is 1. The molecule has 10 heteroatoms. The highest BCUT2D eigenvalue weighted by Gasteiger charge is 2.38. The number of nitrogens with zero attached hydrogens (tertiary/aromatic N) is 6. The van der Waals surface area contributed by atoms with Gasteiger partial charge in [-0.15, -0.1) is 0 Å². The molecule has 2 aliphatic heterocycles. The van der Waals surface area contributed by atoms with Crippen LogP contribution >= 0.6 is 0 Å². The number of nitrogens with one attached hydrogen (secondary N) is 1. The van der Waals surface area contributed by atoms with Crippen LogP contribution in [0.3, 0.4) is 0 Å². The molecule has 3 aromatic heterocycles. The Morgan fingerprint density at radius 3 is 2.64 bits per heavy atom. The van der Waals surface area contributed by atoms with E-state index >= 15 is 0 Å². The van der Waals surface area contributed by atoms with Crippen molar-refractivity contribution < 1.29 is 14.6 Å². The first-order valence-electron chi connectivity index (χ1n) is 12.5. The van der Waals surface area contributed by atoms with Crippen molar-refractivity contribution in [1.82, 2.24) is 24.8 Å². The Labute approximate surface area is 210 Å². The zero-order valence-electron chi connectivity index (χ0n) is 20.5. The second kappa shape index (κ2) is 10.0. The van der Waals surface area contributed by atoms with Gasteiger partial charge in [0.05, 0.1) is 35.6 Å². The molecule has 5 rings (SSSR count). The number of amides is 1. The summed E-state index contributed by atoms with van der Waals surface area (Å²) in [6.07, 6.45) is 8.02. The maximum absolute atomic E-state index is 11.6. The van der Waals surface area contributed by atoms with Gasteiger partial charge in [-0.2, -0.15) is 10.4 Å². The van der Waals surface area contributed by atoms with Gasteiger partial charge in [-0.1, -0.05) is 0 Å². The van der Waals surface area contributed by atoms with E-state index in [1.165, 1.54) is 12.8 Å². The lowest BCUT2D eigenvalue weighted by atomic mass is 9.86. The van der Waals surface area contributed by atoms with Gasteiger partial charge in [0.25, 0.3) is 0 Å². The summed E-state index contributed by atoms with van der Waals surface area (Å²) >= 11 is 0. The molecule has 0 aliphatic carbocycles. The summed E-state index contributed by atoms with van der Waals surface area (Å²) in [5.41, 5.74) is 2.50. The molecule has 2 saturated heterocycles. The first-order chi connectivity index (χ1) is 17.5. The molecule has 0 atom stereocenters. The third-order valence-corrected chi connectivity index (χ3v) is 7.22. The molecule has 2 fully saturated rings. The van der Waals surface area contributed by atoms with E-state index in [1.54, 1.807) is 16.9 Å². The van der Waals surface area contributed by atoms with Gasteiger partial charge in [0.1, 0.15) is 17.6 Å². The number of likely N-dealkylation sites (tertiary alicyclic amines) is 1. The van der Waals surface area contributed by atoms with E-state index in [0.29, 0.717) is 17.9 Å². The van der Waals surface area contributed by atoms with Crippen molar-refractivity contribution in [2.45, 2.75) is 38.1 Å². The Morgan fingerprint density at radius 1 is 1.22 bits per heavy atom. The normalized spacial score (nSPS) is 17.7. The number of aromatic nitrogens is 3. The fraction of sp³-hybridized carbons (Fsp3) is 0.462. The summed E-state index contributed by atoms with van der Waals surface area (Å²) in [7, 11) is 0. The van der Waals surface area contributed by atoms with Crippen LogP contribution in [0.25, 0.3) is 16.6 Å². The number of hydrogen-bond acceptors (Lipinski definition) is 7. The molecule has 0 radical (unpaired) electrons. The number of carbonyl (C=O) groups is 1. The fourth-order valence-corrected chi connectivity index (χ4v) is 5.46. The van der Waals surface area contributed by atoms with Crippen molar-refractivity contribution in [1.29, 1.82) is 5.26 Å². The molecule has 188 valence electrons. The predicted octanol–water partition coefficient (Wildman–Crippen LogP) is 3.37. The average Bonchev–Trinajstić information content (AvgIpc) is 3.53. The van der Waals surface area contributed by atoms with Crippen LogP contribution in [0.1, 0.15) is 38.2 Å². The Bertz CT molecular complexity index is 1270. The number of rotatable bonds is 7. The van der Waals surface area contributed by atoms with Gasteiger partial charge >= 0.3 is 6.09 Å². The second-order valence-corrected chi connectivity index (χ2v) is 9.57. The van der Waals surface area contributed by atoms with Crippen LogP contribution in [0.5, 0.6) is 5.75 Å². The Morgan fingerprint density at radius 2 is 2.00 bits per heavy atom. The van der Waals surface area contributed by atoms with Crippen LogP contribution in [0.15, 0.2) is 36.8 Å². The third kappa shape index (κ3) is 4.79. The zero-order chi connectivity index (χ0) is 25.1. The van der Waals surface area contributed by atoms with Crippen LogP contribution in [-0.4, -0.2) is 75.6 Å². The van der Waals surface area contributed by atoms with Crippen LogP contribution in [0.4, 0.5) is 10.6 Å². The molecule has 0 saturated carbocycles. The molecule has 0 aromatic carbocycles. The van der Waals surface area contributed by atoms with Crippen molar-refractivity contribution in [3.05, 3.63) is 42.4 Å². The Hall–Kier alpha value is -3.84. The summed E-state index contributed by atoms with van der Waals surface area (Å²) in [5.74, 6) is 1.53. The van der Waals surface area contributed by atoms with Crippen molar-refractivity contribution in [3.63, 3.8) is 0 Å². The largest absolute Gasteiger partial charge is 0.492 e. The lowest BCUT2D eigenvalue weighted by molar-refractivity contribution is 0.143. The summed E-state index contributed by atoms with van der Waals surface area (Å²) in [5, 5.41) is 26.2. The van der Waals surface area contributed by atoms with Gasteiger partial charge in [0.15, 0.2) is 0 Å². The monoisotopic (exact) mass is 489 g/mol.